The zero-order chi connectivity index (χ0) is 15.7. The summed E-state index contributed by atoms with van der Waals surface area (Å²) in [7, 11) is 0. The summed E-state index contributed by atoms with van der Waals surface area (Å²) in [6, 6.07) is 0. The molecule has 2 nitrogen and oxygen atoms in total. The predicted molar refractivity (Wildman–Crippen MR) is 88.4 cm³/mol. The highest BCUT2D eigenvalue weighted by Gasteiger charge is 2.59. The van der Waals surface area contributed by atoms with Gasteiger partial charge in [0.1, 0.15) is 0 Å². The number of hydrogen-bond donors (Lipinski definition) is 2. The van der Waals surface area contributed by atoms with Gasteiger partial charge in [-0.3, -0.25) is 0 Å². The molecule has 0 aliphatic heterocycles. The van der Waals surface area contributed by atoms with Crippen molar-refractivity contribution in [1.29, 1.82) is 0 Å². The molecular formula is C20H30O2. The number of aliphatic hydroxyl groups is 2. The highest BCUT2D eigenvalue weighted by molar-refractivity contribution is 5.28. The van der Waals surface area contributed by atoms with Gasteiger partial charge < -0.3 is 10.2 Å². The molecule has 0 spiro atoms. The number of aliphatic hydroxyl groups excluding tert-OH is 2. The van der Waals surface area contributed by atoms with E-state index in [9.17, 15) is 10.2 Å². The molecule has 2 heteroatoms. The van der Waals surface area contributed by atoms with Gasteiger partial charge in [-0.2, -0.15) is 0 Å². The second kappa shape index (κ2) is 4.63. The van der Waals surface area contributed by atoms with Crippen molar-refractivity contribution in [2.45, 2.75) is 65.4 Å². The van der Waals surface area contributed by atoms with Crippen LogP contribution in [0.15, 0.2) is 23.5 Å². The Bertz CT molecular complexity index is 548. The number of fused-ring (bicyclic) bond motifs is 5. The first kappa shape index (κ1) is 14.8. The van der Waals surface area contributed by atoms with E-state index in [1.54, 1.807) is 0 Å². The van der Waals surface area contributed by atoms with Gasteiger partial charge in [0.25, 0.3) is 0 Å². The Morgan fingerprint density at radius 2 is 1.82 bits per heavy atom. The molecule has 2 saturated carbocycles. The second-order valence-electron chi connectivity index (χ2n) is 8.97. The number of hydrogen-bond acceptors (Lipinski definition) is 2. The van der Waals surface area contributed by atoms with Crippen molar-refractivity contribution in [2.24, 2.45) is 34.5 Å². The van der Waals surface area contributed by atoms with Crippen LogP contribution in [0.2, 0.25) is 0 Å². The average molecular weight is 302 g/mol. The molecule has 2 fully saturated rings. The first-order chi connectivity index (χ1) is 10.4. The van der Waals surface area contributed by atoms with Gasteiger partial charge in [-0.15, -0.1) is 0 Å². The van der Waals surface area contributed by atoms with Crippen LogP contribution in [0.5, 0.6) is 0 Å². The van der Waals surface area contributed by atoms with Crippen LogP contribution in [0.1, 0.15) is 59.3 Å². The Kier molecular flexibility index (Phi) is 3.11. The third-order valence-corrected chi connectivity index (χ3v) is 7.98. The second-order valence-corrected chi connectivity index (χ2v) is 8.97. The molecule has 0 aromatic carbocycles. The molecule has 4 aliphatic carbocycles. The van der Waals surface area contributed by atoms with E-state index >= 15 is 0 Å². The maximum Gasteiger partial charge on any atom is 0.0944 e. The number of allylic oxidation sites excluding steroid dienone is 3. The van der Waals surface area contributed by atoms with Crippen molar-refractivity contribution in [1.82, 2.24) is 0 Å². The quantitative estimate of drug-likeness (QED) is 0.642. The van der Waals surface area contributed by atoms with E-state index in [4.69, 9.17) is 0 Å². The lowest BCUT2D eigenvalue weighted by Gasteiger charge is -2.59. The molecule has 0 bridgehead atoms. The molecule has 0 aromatic heterocycles. The summed E-state index contributed by atoms with van der Waals surface area (Å²) >= 11 is 0. The third kappa shape index (κ3) is 1.76. The lowest BCUT2D eigenvalue weighted by molar-refractivity contribution is -0.0684. The summed E-state index contributed by atoms with van der Waals surface area (Å²) in [4.78, 5) is 0. The molecule has 0 amide bonds. The summed E-state index contributed by atoms with van der Waals surface area (Å²) in [5, 5.41) is 20.5. The topological polar surface area (TPSA) is 40.5 Å². The predicted octanol–water partition coefficient (Wildman–Crippen LogP) is 4.61. The van der Waals surface area contributed by atoms with Gasteiger partial charge in [0.2, 0.25) is 0 Å². The summed E-state index contributed by atoms with van der Waals surface area (Å²) < 4.78 is 0. The highest BCUT2D eigenvalue weighted by atomic mass is 16.3. The van der Waals surface area contributed by atoms with Crippen LogP contribution >= 0.6 is 0 Å². The summed E-state index contributed by atoms with van der Waals surface area (Å²) in [6.07, 6.45) is 10.7. The fraction of sp³-hybridized carbons (Fsp3) is 0.800. The molecule has 2 N–H and O–H groups in total. The van der Waals surface area contributed by atoms with Crippen molar-refractivity contribution in [2.75, 3.05) is 0 Å². The van der Waals surface area contributed by atoms with Crippen molar-refractivity contribution >= 4 is 0 Å². The standard InChI is InChI=1S/C20H30O2/c1-12-10-13-11-14(21)6-8-19(13,2)16-7-9-20(3)15(18(12)16)4-5-17(20)22/h5,11-12,14-16,18,21-22H,4,6-10H2,1-3H3/t12?,14?,15-,16+,18-,19-,20-/m0/s1. The van der Waals surface area contributed by atoms with E-state index in [1.807, 2.05) is 0 Å². The molecule has 0 radical (unpaired) electrons. The molecule has 0 aromatic rings. The molecular weight excluding hydrogens is 272 g/mol. The van der Waals surface area contributed by atoms with E-state index in [0.29, 0.717) is 17.6 Å². The van der Waals surface area contributed by atoms with Crippen LogP contribution in [-0.4, -0.2) is 16.3 Å². The van der Waals surface area contributed by atoms with Gasteiger partial charge in [0.05, 0.1) is 11.9 Å². The first-order valence-electron chi connectivity index (χ1n) is 9.15. The van der Waals surface area contributed by atoms with E-state index in [2.05, 4.69) is 32.9 Å². The van der Waals surface area contributed by atoms with Crippen LogP contribution in [0.3, 0.4) is 0 Å². The minimum Gasteiger partial charge on any atom is -0.512 e. The summed E-state index contributed by atoms with van der Waals surface area (Å²) in [5.74, 6) is 3.39. The lowest BCUT2D eigenvalue weighted by atomic mass is 9.45. The molecule has 122 valence electrons. The van der Waals surface area contributed by atoms with Gasteiger partial charge in [-0.05, 0) is 73.7 Å². The maximum atomic E-state index is 10.4. The normalized spacial score (nSPS) is 53.9. The van der Waals surface area contributed by atoms with Gasteiger partial charge in [0.15, 0.2) is 0 Å². The number of rotatable bonds is 0. The monoisotopic (exact) mass is 302 g/mol. The van der Waals surface area contributed by atoms with Crippen molar-refractivity contribution in [3.63, 3.8) is 0 Å². The summed E-state index contributed by atoms with van der Waals surface area (Å²) in [5.41, 5.74) is 1.84. The van der Waals surface area contributed by atoms with Crippen molar-refractivity contribution in [3.8, 4) is 0 Å². The fourth-order valence-corrected chi connectivity index (χ4v) is 6.60. The van der Waals surface area contributed by atoms with E-state index in [1.165, 1.54) is 12.0 Å². The van der Waals surface area contributed by atoms with Gasteiger partial charge in [-0.1, -0.05) is 32.4 Å². The SMILES string of the molecule is CC1CC2=CC(O)CC[C@]2(C)[C@@H]2CC[C@]3(C)C(O)=CC[C@H]3[C@H]12. The highest BCUT2D eigenvalue weighted by Crippen LogP contribution is 2.66. The summed E-state index contributed by atoms with van der Waals surface area (Å²) in [6.45, 7) is 7.15. The Hall–Kier alpha value is -0.760. The van der Waals surface area contributed by atoms with Crippen LogP contribution in [-0.2, 0) is 0 Å². The lowest BCUT2D eigenvalue weighted by Crippen LogP contribution is -2.53. The molecule has 4 rings (SSSR count). The van der Waals surface area contributed by atoms with Crippen LogP contribution in [0, 0.1) is 34.5 Å². The minimum atomic E-state index is -0.224. The Balaban J connectivity index is 1.73. The first-order valence-corrected chi connectivity index (χ1v) is 9.15. The maximum absolute atomic E-state index is 10.4. The zero-order valence-corrected chi connectivity index (χ0v) is 14.2. The average Bonchev–Trinajstić information content (AvgIpc) is 2.77. The van der Waals surface area contributed by atoms with Crippen molar-refractivity contribution < 1.29 is 10.2 Å². The third-order valence-electron chi connectivity index (χ3n) is 7.98. The molecule has 22 heavy (non-hydrogen) atoms. The van der Waals surface area contributed by atoms with Gasteiger partial charge in [-0.25, -0.2) is 0 Å². The molecule has 7 atom stereocenters. The Morgan fingerprint density at radius 3 is 2.59 bits per heavy atom. The smallest absolute Gasteiger partial charge is 0.0944 e. The van der Waals surface area contributed by atoms with E-state index in [-0.39, 0.29) is 16.9 Å². The largest absolute Gasteiger partial charge is 0.512 e. The Morgan fingerprint density at radius 1 is 1.09 bits per heavy atom. The van der Waals surface area contributed by atoms with Gasteiger partial charge in [0, 0.05) is 5.41 Å². The van der Waals surface area contributed by atoms with Crippen LogP contribution in [0.4, 0.5) is 0 Å². The molecule has 0 heterocycles. The Labute approximate surface area is 134 Å². The van der Waals surface area contributed by atoms with E-state index < -0.39 is 0 Å². The van der Waals surface area contributed by atoms with Crippen LogP contribution < -0.4 is 0 Å². The van der Waals surface area contributed by atoms with Gasteiger partial charge >= 0.3 is 0 Å². The minimum absolute atomic E-state index is 0.0290. The zero-order valence-electron chi connectivity index (χ0n) is 14.2. The van der Waals surface area contributed by atoms with E-state index in [0.717, 1.165) is 43.9 Å². The fourth-order valence-electron chi connectivity index (χ4n) is 6.60. The molecule has 0 saturated heterocycles. The van der Waals surface area contributed by atoms with Crippen molar-refractivity contribution in [3.05, 3.63) is 23.5 Å². The molecule has 4 aliphatic rings. The van der Waals surface area contributed by atoms with Crippen LogP contribution in [0.25, 0.3) is 0 Å². The molecule has 2 unspecified atom stereocenters.